The van der Waals surface area contributed by atoms with Crippen molar-refractivity contribution in [3.8, 4) is 6.07 Å². The van der Waals surface area contributed by atoms with Crippen LogP contribution in [0.15, 0.2) is 42.5 Å². The normalized spacial score (nSPS) is 11.8. The Kier molecular flexibility index (Phi) is 4.64. The van der Waals surface area contributed by atoms with E-state index in [0.29, 0.717) is 5.56 Å². The molecule has 0 aliphatic heterocycles. The lowest BCUT2D eigenvalue weighted by Crippen LogP contribution is -2.29. The lowest BCUT2D eigenvalue weighted by molar-refractivity contribution is -0.132. The highest BCUT2D eigenvalue weighted by Gasteiger charge is 2.19. The smallest absolute Gasteiger partial charge is 0.328 e. The Balaban J connectivity index is 2.88. The molecule has 0 fully saturated rings. The van der Waals surface area contributed by atoms with Gasteiger partial charge in [-0.15, -0.1) is 0 Å². The lowest BCUT2D eigenvalue weighted by atomic mass is 10.1. The molecule has 1 aromatic rings. The Hall–Kier alpha value is -2.61. The summed E-state index contributed by atoms with van der Waals surface area (Å²) >= 11 is 0. The number of carboxylic acids is 1. The summed E-state index contributed by atoms with van der Waals surface area (Å²) in [6.45, 7) is 0. The molecule has 5 nitrogen and oxygen atoms in total. The lowest BCUT2D eigenvalue weighted by Gasteiger charge is -2.21. The van der Waals surface area contributed by atoms with E-state index < -0.39 is 17.9 Å². The van der Waals surface area contributed by atoms with Crippen molar-refractivity contribution in [2.75, 3.05) is 7.05 Å². The monoisotopic (exact) mass is 244 g/mol. The van der Waals surface area contributed by atoms with Gasteiger partial charge in [-0.3, -0.25) is 4.79 Å². The molecule has 0 spiro atoms. The predicted molar refractivity (Wildman–Crippen MR) is 64.3 cm³/mol. The van der Waals surface area contributed by atoms with Gasteiger partial charge in [-0.25, -0.2) is 4.79 Å². The first-order valence-electron chi connectivity index (χ1n) is 5.18. The minimum absolute atomic E-state index is 0.534. The third kappa shape index (κ3) is 3.46. The molecule has 1 aromatic carbocycles. The van der Waals surface area contributed by atoms with Crippen molar-refractivity contribution in [3.63, 3.8) is 0 Å². The van der Waals surface area contributed by atoms with Crippen molar-refractivity contribution in [3.05, 3.63) is 48.0 Å². The highest BCUT2D eigenvalue weighted by Crippen LogP contribution is 2.18. The van der Waals surface area contributed by atoms with Crippen LogP contribution in [-0.4, -0.2) is 28.9 Å². The fourth-order valence-electron chi connectivity index (χ4n) is 1.41. The molecule has 0 aliphatic carbocycles. The van der Waals surface area contributed by atoms with E-state index in [4.69, 9.17) is 10.4 Å². The van der Waals surface area contributed by atoms with Crippen LogP contribution < -0.4 is 0 Å². The summed E-state index contributed by atoms with van der Waals surface area (Å²) < 4.78 is 0. The third-order valence-corrected chi connectivity index (χ3v) is 2.34. The fraction of sp³-hybridized carbons (Fsp3) is 0.154. The number of hydrogen-bond acceptors (Lipinski definition) is 3. The molecule has 0 saturated carbocycles. The first-order valence-corrected chi connectivity index (χ1v) is 5.18. The van der Waals surface area contributed by atoms with Crippen LogP contribution in [0.4, 0.5) is 0 Å². The molecule has 0 aromatic heterocycles. The van der Waals surface area contributed by atoms with Crippen molar-refractivity contribution in [1.82, 2.24) is 4.90 Å². The first kappa shape index (κ1) is 13.5. The van der Waals surface area contributed by atoms with Gasteiger partial charge in [0.1, 0.15) is 6.04 Å². The molecule has 5 heteroatoms. The molecule has 0 saturated heterocycles. The van der Waals surface area contributed by atoms with Crippen LogP contribution in [0, 0.1) is 11.3 Å². The molecule has 1 unspecified atom stereocenters. The molecule has 18 heavy (non-hydrogen) atoms. The summed E-state index contributed by atoms with van der Waals surface area (Å²) in [5.41, 5.74) is 0.680. The van der Waals surface area contributed by atoms with Crippen LogP contribution in [0.2, 0.25) is 0 Å². The average Bonchev–Trinajstić information content (AvgIpc) is 2.38. The number of likely N-dealkylation sites (N-methyl/N-ethyl adjacent to an activating group) is 1. The van der Waals surface area contributed by atoms with Crippen LogP contribution in [-0.2, 0) is 9.59 Å². The Bertz CT molecular complexity index is 503. The minimum atomic E-state index is -1.20. The molecule has 0 heterocycles. The topological polar surface area (TPSA) is 81.4 Å². The third-order valence-electron chi connectivity index (χ3n) is 2.34. The molecule has 92 valence electrons. The number of benzene rings is 1. The number of carbonyl (C=O) groups is 2. The van der Waals surface area contributed by atoms with E-state index in [0.717, 1.165) is 12.2 Å². The highest BCUT2D eigenvalue weighted by atomic mass is 16.4. The summed E-state index contributed by atoms with van der Waals surface area (Å²) in [6, 6.07) is 10.1. The van der Waals surface area contributed by atoms with Crippen molar-refractivity contribution in [2.45, 2.75) is 6.04 Å². The van der Waals surface area contributed by atoms with Gasteiger partial charge in [0.25, 0.3) is 0 Å². The van der Waals surface area contributed by atoms with Crippen LogP contribution >= 0.6 is 0 Å². The van der Waals surface area contributed by atoms with Gasteiger partial charge in [0.05, 0.1) is 6.07 Å². The largest absolute Gasteiger partial charge is 0.478 e. The number of carboxylic acid groups (broad SMARTS) is 1. The van der Waals surface area contributed by atoms with Gasteiger partial charge in [-0.05, 0) is 5.56 Å². The Morgan fingerprint density at radius 1 is 1.33 bits per heavy atom. The fourth-order valence-corrected chi connectivity index (χ4v) is 1.41. The van der Waals surface area contributed by atoms with Crippen molar-refractivity contribution in [1.29, 1.82) is 5.26 Å². The SMILES string of the molecule is CN(C(=O)C=CC(=O)O)C(C#N)c1ccccc1. The van der Waals surface area contributed by atoms with Gasteiger partial charge >= 0.3 is 5.97 Å². The second kappa shape index (κ2) is 6.21. The van der Waals surface area contributed by atoms with E-state index in [2.05, 4.69) is 0 Å². The Morgan fingerprint density at radius 3 is 2.44 bits per heavy atom. The number of amides is 1. The molecule has 1 rings (SSSR count). The van der Waals surface area contributed by atoms with Crippen LogP contribution in [0.5, 0.6) is 0 Å². The van der Waals surface area contributed by atoms with Gasteiger partial charge in [-0.2, -0.15) is 5.26 Å². The highest BCUT2D eigenvalue weighted by molar-refractivity contribution is 5.94. The van der Waals surface area contributed by atoms with E-state index in [1.165, 1.54) is 11.9 Å². The summed E-state index contributed by atoms with van der Waals surface area (Å²) in [4.78, 5) is 23.1. The van der Waals surface area contributed by atoms with Crippen molar-refractivity contribution < 1.29 is 14.7 Å². The molecule has 1 atom stereocenters. The average molecular weight is 244 g/mol. The summed E-state index contributed by atoms with van der Waals surface area (Å²) in [5.74, 6) is -1.74. The number of nitriles is 1. The number of aliphatic carboxylic acids is 1. The molecule has 1 N–H and O–H groups in total. The second-order valence-corrected chi connectivity index (χ2v) is 3.56. The van der Waals surface area contributed by atoms with Crippen molar-refractivity contribution in [2.24, 2.45) is 0 Å². The van der Waals surface area contributed by atoms with E-state index in [-0.39, 0.29) is 0 Å². The maximum atomic E-state index is 11.6. The molecule has 0 bridgehead atoms. The maximum Gasteiger partial charge on any atom is 0.328 e. The van der Waals surface area contributed by atoms with Crippen LogP contribution in [0.3, 0.4) is 0 Å². The van der Waals surface area contributed by atoms with Gasteiger partial charge in [-0.1, -0.05) is 30.3 Å². The quantitative estimate of drug-likeness (QED) is 0.810. The predicted octanol–water partition coefficient (Wildman–Crippen LogP) is 1.35. The molecule has 1 amide bonds. The molecule has 0 radical (unpaired) electrons. The van der Waals surface area contributed by atoms with Gasteiger partial charge in [0.15, 0.2) is 0 Å². The number of hydrogen-bond donors (Lipinski definition) is 1. The minimum Gasteiger partial charge on any atom is -0.478 e. The number of nitrogens with zero attached hydrogens (tertiary/aromatic N) is 2. The summed E-state index contributed by atoms with van der Waals surface area (Å²) in [6.07, 6.45) is 1.67. The Morgan fingerprint density at radius 2 is 1.94 bits per heavy atom. The Labute approximate surface area is 105 Å². The zero-order chi connectivity index (χ0) is 13.5. The zero-order valence-corrected chi connectivity index (χ0v) is 9.78. The first-order chi connectivity index (χ1) is 8.56. The number of rotatable bonds is 4. The van der Waals surface area contributed by atoms with E-state index >= 15 is 0 Å². The maximum absolute atomic E-state index is 11.6. The van der Waals surface area contributed by atoms with Gasteiger partial charge in [0, 0.05) is 19.2 Å². The molecule has 0 aliphatic rings. The van der Waals surface area contributed by atoms with Crippen LogP contribution in [0.25, 0.3) is 0 Å². The standard InChI is InChI=1S/C13H12N2O3/c1-15(12(16)7-8-13(17)18)11(9-14)10-5-3-2-4-6-10/h2-8,11H,1H3,(H,17,18). The number of carbonyl (C=O) groups excluding carboxylic acids is 1. The van der Waals surface area contributed by atoms with E-state index in [1.807, 2.05) is 12.1 Å². The van der Waals surface area contributed by atoms with E-state index in [1.54, 1.807) is 24.3 Å². The molecular weight excluding hydrogens is 232 g/mol. The summed E-state index contributed by atoms with van der Waals surface area (Å²) in [7, 11) is 1.45. The van der Waals surface area contributed by atoms with Crippen LogP contribution in [0.1, 0.15) is 11.6 Å². The van der Waals surface area contributed by atoms with Gasteiger partial charge in [0.2, 0.25) is 5.91 Å². The zero-order valence-electron chi connectivity index (χ0n) is 9.78. The van der Waals surface area contributed by atoms with Gasteiger partial charge < -0.3 is 10.0 Å². The van der Waals surface area contributed by atoms with Crippen molar-refractivity contribution >= 4 is 11.9 Å². The van der Waals surface area contributed by atoms with E-state index in [9.17, 15) is 9.59 Å². The summed E-state index contributed by atoms with van der Waals surface area (Å²) in [5, 5.41) is 17.5. The molecular formula is C13H12N2O3. The second-order valence-electron chi connectivity index (χ2n) is 3.56.